The van der Waals surface area contributed by atoms with Crippen molar-refractivity contribution in [2.75, 3.05) is 0 Å². The summed E-state index contributed by atoms with van der Waals surface area (Å²) in [6, 6.07) is 0. The van der Waals surface area contributed by atoms with Crippen LogP contribution >= 0.6 is 22.2 Å². The van der Waals surface area contributed by atoms with E-state index in [1.807, 2.05) is 0 Å². The lowest BCUT2D eigenvalue weighted by atomic mass is 10.1. The minimum absolute atomic E-state index is 0.719. The summed E-state index contributed by atoms with van der Waals surface area (Å²) in [7, 11) is -2.91. The lowest BCUT2D eigenvalue weighted by Gasteiger charge is -2.21. The number of rotatable bonds is 7. The Bertz CT molecular complexity index is 214. The molecule has 0 spiro atoms. The first-order valence-corrected chi connectivity index (χ1v) is 14.4. The molecule has 4 heteroatoms. The van der Waals surface area contributed by atoms with Gasteiger partial charge in [0.25, 0.3) is 0 Å². The molecule has 0 aromatic rings. The van der Waals surface area contributed by atoms with Crippen LogP contribution in [0.25, 0.3) is 0 Å². The Morgan fingerprint density at radius 3 is 2.06 bits per heavy atom. The summed E-state index contributed by atoms with van der Waals surface area (Å²) in [6.07, 6.45) is 7.26. The van der Waals surface area contributed by atoms with Gasteiger partial charge in [-0.2, -0.15) is 22.2 Å². The van der Waals surface area contributed by atoms with Gasteiger partial charge in [0.05, 0.1) is 0 Å². The van der Waals surface area contributed by atoms with Crippen LogP contribution in [0.2, 0.25) is 31.7 Å². The minimum Gasteiger partial charge on any atom is -0.167 e. The molecule has 0 radical (unpaired) electrons. The molecule has 0 saturated heterocycles. The van der Waals surface area contributed by atoms with Crippen molar-refractivity contribution >= 4 is 36.9 Å². The maximum Gasteiger partial charge on any atom is 0.173 e. The summed E-state index contributed by atoms with van der Waals surface area (Å²) in [5, 5.41) is 0. The highest BCUT2D eigenvalue weighted by Gasteiger charge is 2.24. The molecular formula is C12H26Cl2Si2. The summed E-state index contributed by atoms with van der Waals surface area (Å²) in [5.74, 6) is 0. The van der Waals surface area contributed by atoms with Gasteiger partial charge in [-0.05, 0) is 18.4 Å². The first-order chi connectivity index (χ1) is 7.13. The van der Waals surface area contributed by atoms with Crippen LogP contribution in [0.3, 0.4) is 0 Å². The molecule has 1 unspecified atom stereocenters. The molecular weight excluding hydrogens is 271 g/mol. The van der Waals surface area contributed by atoms with Crippen molar-refractivity contribution in [1.82, 2.24) is 0 Å². The zero-order valence-corrected chi connectivity index (χ0v) is 14.8. The third-order valence-corrected chi connectivity index (χ3v) is 8.10. The van der Waals surface area contributed by atoms with Crippen LogP contribution < -0.4 is 0 Å². The quantitative estimate of drug-likeness (QED) is 0.311. The van der Waals surface area contributed by atoms with Gasteiger partial charge in [-0.1, -0.05) is 57.7 Å². The predicted octanol–water partition coefficient (Wildman–Crippen LogP) is 5.92. The molecule has 16 heavy (non-hydrogen) atoms. The molecule has 0 bridgehead atoms. The Morgan fingerprint density at radius 2 is 1.62 bits per heavy atom. The molecule has 0 aromatic carbocycles. The molecule has 0 amide bonds. The van der Waals surface area contributed by atoms with Crippen molar-refractivity contribution in [3.8, 4) is 0 Å². The molecule has 0 aliphatic heterocycles. The van der Waals surface area contributed by atoms with Crippen molar-refractivity contribution in [1.29, 1.82) is 0 Å². The van der Waals surface area contributed by atoms with Crippen molar-refractivity contribution in [2.24, 2.45) is 0 Å². The molecule has 0 aliphatic carbocycles. The highest BCUT2D eigenvalue weighted by atomic mass is 35.6. The average Bonchev–Trinajstić information content (AvgIpc) is 2.07. The van der Waals surface area contributed by atoms with E-state index in [0.717, 1.165) is 5.54 Å². The molecule has 96 valence electrons. The zero-order valence-electron chi connectivity index (χ0n) is 11.3. The van der Waals surface area contributed by atoms with E-state index in [-0.39, 0.29) is 0 Å². The lowest BCUT2D eigenvalue weighted by Crippen LogP contribution is -2.22. The van der Waals surface area contributed by atoms with E-state index in [1.165, 1.54) is 25.7 Å². The van der Waals surface area contributed by atoms with Crippen LogP contribution in [0.5, 0.6) is 0 Å². The van der Waals surface area contributed by atoms with E-state index >= 15 is 0 Å². The molecule has 0 nitrogen and oxygen atoms in total. The molecule has 0 N–H and O–H groups in total. The summed E-state index contributed by atoms with van der Waals surface area (Å²) >= 11 is 12.6. The summed E-state index contributed by atoms with van der Waals surface area (Å²) in [6.45, 7) is 11.1. The molecule has 0 fully saturated rings. The number of unbranched alkanes of at least 4 members (excludes halogenated alkanes) is 2. The van der Waals surface area contributed by atoms with E-state index in [0.29, 0.717) is 0 Å². The topological polar surface area (TPSA) is 0 Å². The van der Waals surface area contributed by atoms with Crippen molar-refractivity contribution in [2.45, 2.75) is 64.3 Å². The summed E-state index contributed by atoms with van der Waals surface area (Å²) in [5.41, 5.74) is 2.94. The van der Waals surface area contributed by atoms with Gasteiger partial charge in [-0.15, -0.1) is 0 Å². The first kappa shape index (κ1) is 16.8. The predicted molar refractivity (Wildman–Crippen MR) is 83.7 cm³/mol. The molecule has 0 aromatic heterocycles. The monoisotopic (exact) mass is 296 g/mol. The van der Waals surface area contributed by atoms with Crippen LogP contribution in [-0.2, 0) is 0 Å². The van der Waals surface area contributed by atoms with Gasteiger partial charge in [-0.25, -0.2) is 0 Å². The molecule has 1 atom stereocenters. The second-order valence-electron chi connectivity index (χ2n) is 5.72. The Morgan fingerprint density at radius 1 is 1.06 bits per heavy atom. The summed E-state index contributed by atoms with van der Waals surface area (Å²) < 4.78 is 0. The van der Waals surface area contributed by atoms with Crippen molar-refractivity contribution in [3.63, 3.8) is 0 Å². The van der Waals surface area contributed by atoms with Crippen molar-refractivity contribution in [3.05, 3.63) is 11.8 Å². The van der Waals surface area contributed by atoms with Crippen LogP contribution in [0, 0.1) is 0 Å². The molecule has 0 rings (SSSR count). The molecule has 0 heterocycles. The summed E-state index contributed by atoms with van der Waals surface area (Å²) in [4.78, 5) is 0. The largest absolute Gasteiger partial charge is 0.173 e. The smallest absolute Gasteiger partial charge is 0.167 e. The van der Waals surface area contributed by atoms with E-state index in [2.05, 4.69) is 44.9 Å². The zero-order chi connectivity index (χ0) is 12.8. The van der Waals surface area contributed by atoms with Crippen molar-refractivity contribution < 1.29 is 0 Å². The number of halogens is 2. The van der Waals surface area contributed by atoms with Crippen LogP contribution in [0.4, 0.5) is 0 Å². The van der Waals surface area contributed by atoms with E-state index < -0.39 is 14.8 Å². The fraction of sp³-hybridized carbons (Fsp3) is 0.833. The Hall–Kier alpha value is 0.754. The van der Waals surface area contributed by atoms with Gasteiger partial charge in [-0.3, -0.25) is 0 Å². The van der Waals surface area contributed by atoms with Crippen LogP contribution in [-0.4, -0.2) is 14.8 Å². The maximum absolute atomic E-state index is 6.40. The third kappa shape index (κ3) is 9.94. The number of hydrogen-bond donors (Lipinski definition) is 0. The average molecular weight is 297 g/mol. The minimum atomic E-state index is -1.49. The second-order valence-corrected chi connectivity index (χ2v) is 19.1. The SMILES string of the molecule is CC(CCCC/C=C/[Si](C)(C)Cl)[Si](C)(C)Cl. The highest BCUT2D eigenvalue weighted by molar-refractivity contribution is 7.21. The van der Waals surface area contributed by atoms with E-state index in [4.69, 9.17) is 22.2 Å². The van der Waals surface area contributed by atoms with Gasteiger partial charge in [0.15, 0.2) is 14.8 Å². The van der Waals surface area contributed by atoms with Crippen LogP contribution in [0.1, 0.15) is 32.6 Å². The Kier molecular flexibility index (Phi) is 7.59. The third-order valence-electron chi connectivity index (χ3n) is 2.94. The van der Waals surface area contributed by atoms with Gasteiger partial charge in [0.2, 0.25) is 0 Å². The fourth-order valence-electron chi connectivity index (χ4n) is 1.42. The normalized spacial score (nSPS) is 15.7. The van der Waals surface area contributed by atoms with E-state index in [9.17, 15) is 0 Å². The molecule has 0 saturated carbocycles. The number of hydrogen-bond acceptors (Lipinski definition) is 0. The van der Waals surface area contributed by atoms with Gasteiger partial charge in [0.1, 0.15) is 0 Å². The first-order valence-electron chi connectivity index (χ1n) is 6.18. The Balaban J connectivity index is 3.59. The van der Waals surface area contributed by atoms with Gasteiger partial charge >= 0.3 is 0 Å². The van der Waals surface area contributed by atoms with E-state index in [1.54, 1.807) is 0 Å². The van der Waals surface area contributed by atoms with Gasteiger partial charge < -0.3 is 0 Å². The number of allylic oxidation sites excluding steroid dienone is 1. The lowest BCUT2D eigenvalue weighted by molar-refractivity contribution is 0.665. The maximum atomic E-state index is 6.40. The Labute approximate surface area is 113 Å². The molecule has 0 aliphatic rings. The highest BCUT2D eigenvalue weighted by Crippen LogP contribution is 2.29. The second kappa shape index (κ2) is 7.25. The standard InChI is InChI=1S/C12H26Cl2Si2/c1-12(16(4,5)14)10-8-6-7-9-11-15(2,3)13/h9,11-12H,6-8,10H2,1-5H3/b11-9+. The van der Waals surface area contributed by atoms with Crippen LogP contribution in [0.15, 0.2) is 11.8 Å². The fourth-order valence-corrected chi connectivity index (χ4v) is 3.63. The van der Waals surface area contributed by atoms with Gasteiger partial charge in [0, 0.05) is 0 Å².